The van der Waals surface area contributed by atoms with E-state index in [2.05, 4.69) is 20.8 Å². The van der Waals surface area contributed by atoms with Crippen molar-refractivity contribution >= 4 is 27.5 Å². The zero-order valence-electron chi connectivity index (χ0n) is 11.3. The molecule has 1 N–H and O–H groups in total. The number of benzene rings is 1. The molecule has 0 saturated carbocycles. The lowest BCUT2D eigenvalue weighted by atomic mass is 10.1. The van der Waals surface area contributed by atoms with Crippen LogP contribution < -0.4 is 4.90 Å². The van der Waals surface area contributed by atoms with E-state index in [-0.39, 0.29) is 5.91 Å². The van der Waals surface area contributed by atoms with Crippen LogP contribution in [0.4, 0.5) is 5.69 Å². The summed E-state index contributed by atoms with van der Waals surface area (Å²) in [6.07, 6.45) is -0.458. The molecule has 0 aliphatic carbocycles. The maximum Gasteiger partial charge on any atom is 0.219 e. The summed E-state index contributed by atoms with van der Waals surface area (Å²) in [7, 11) is 0. The monoisotopic (exact) mass is 326 g/mol. The first kappa shape index (κ1) is 14.3. The number of aliphatic hydroxyl groups excluding tert-OH is 1. The summed E-state index contributed by atoms with van der Waals surface area (Å²) in [6.45, 7) is 6.58. The summed E-state index contributed by atoms with van der Waals surface area (Å²) < 4.78 is 0.988. The van der Waals surface area contributed by atoms with Crippen molar-refractivity contribution < 1.29 is 9.90 Å². The van der Waals surface area contributed by atoms with Crippen molar-refractivity contribution in [3.63, 3.8) is 0 Å². The number of halogens is 1. The topological polar surface area (TPSA) is 43.8 Å². The number of nitrogens with zero attached hydrogens (tertiary/aromatic N) is 2. The van der Waals surface area contributed by atoms with Gasteiger partial charge in [0.1, 0.15) is 0 Å². The van der Waals surface area contributed by atoms with Crippen LogP contribution in [-0.4, -0.2) is 42.1 Å². The van der Waals surface area contributed by atoms with Gasteiger partial charge in [-0.05, 0) is 40.5 Å². The molecule has 1 saturated heterocycles. The van der Waals surface area contributed by atoms with Crippen molar-refractivity contribution in [2.45, 2.75) is 20.0 Å². The molecule has 1 fully saturated rings. The summed E-state index contributed by atoms with van der Waals surface area (Å²) in [5.74, 6) is 0.142. The molecule has 2 rings (SSSR count). The van der Waals surface area contributed by atoms with Crippen LogP contribution in [0.25, 0.3) is 0 Å². The lowest BCUT2D eigenvalue weighted by Crippen LogP contribution is -2.48. The fourth-order valence-electron chi connectivity index (χ4n) is 2.30. The molecular weight excluding hydrogens is 308 g/mol. The molecular formula is C14H19BrN2O2. The van der Waals surface area contributed by atoms with Gasteiger partial charge in [-0.1, -0.05) is 6.07 Å². The van der Waals surface area contributed by atoms with Gasteiger partial charge in [0.25, 0.3) is 0 Å². The third-order valence-corrected chi connectivity index (χ3v) is 4.15. The highest BCUT2D eigenvalue weighted by Gasteiger charge is 2.20. The van der Waals surface area contributed by atoms with Crippen molar-refractivity contribution in [2.24, 2.45) is 0 Å². The van der Waals surface area contributed by atoms with Gasteiger partial charge in [-0.2, -0.15) is 0 Å². The molecule has 1 aliphatic heterocycles. The molecule has 1 amide bonds. The number of piperazine rings is 1. The minimum absolute atomic E-state index is 0.142. The second-order valence-corrected chi connectivity index (χ2v) is 5.73. The predicted octanol–water partition coefficient (Wildman–Crippen LogP) is 2.17. The quantitative estimate of drug-likeness (QED) is 0.905. The first-order valence-electron chi connectivity index (χ1n) is 6.47. The molecule has 1 aromatic rings. The molecule has 0 spiro atoms. The Balaban J connectivity index is 2.09. The van der Waals surface area contributed by atoms with Crippen LogP contribution in [0.15, 0.2) is 22.7 Å². The molecule has 0 aromatic heterocycles. The van der Waals surface area contributed by atoms with E-state index in [4.69, 9.17) is 0 Å². The van der Waals surface area contributed by atoms with Gasteiger partial charge >= 0.3 is 0 Å². The third-order valence-electron chi connectivity index (χ3n) is 3.52. The lowest BCUT2D eigenvalue weighted by molar-refractivity contribution is -0.129. The number of carbonyl (C=O) groups is 1. The normalized spacial score (nSPS) is 17.5. The first-order chi connectivity index (χ1) is 8.99. The van der Waals surface area contributed by atoms with Gasteiger partial charge in [0.15, 0.2) is 0 Å². The van der Waals surface area contributed by atoms with Crippen LogP contribution in [0.5, 0.6) is 0 Å². The van der Waals surface area contributed by atoms with Gasteiger partial charge in [-0.15, -0.1) is 0 Å². The van der Waals surface area contributed by atoms with Crippen molar-refractivity contribution in [3.05, 3.63) is 28.2 Å². The Morgan fingerprint density at radius 1 is 1.32 bits per heavy atom. The van der Waals surface area contributed by atoms with Gasteiger partial charge < -0.3 is 14.9 Å². The fourth-order valence-corrected chi connectivity index (χ4v) is 2.95. The molecule has 19 heavy (non-hydrogen) atoms. The van der Waals surface area contributed by atoms with Crippen LogP contribution in [0, 0.1) is 0 Å². The summed E-state index contributed by atoms with van der Waals surface area (Å²) in [5, 5.41) is 9.57. The maximum atomic E-state index is 11.3. The van der Waals surface area contributed by atoms with Gasteiger partial charge in [0.05, 0.1) is 11.8 Å². The molecule has 1 atom stereocenters. The van der Waals surface area contributed by atoms with Crippen LogP contribution in [0.2, 0.25) is 0 Å². The fraction of sp³-hybridized carbons (Fsp3) is 0.500. The zero-order valence-corrected chi connectivity index (χ0v) is 12.9. The minimum atomic E-state index is -0.458. The van der Waals surface area contributed by atoms with Crippen LogP contribution in [-0.2, 0) is 4.79 Å². The van der Waals surface area contributed by atoms with Gasteiger partial charge in [-0.3, -0.25) is 4.79 Å². The summed E-state index contributed by atoms with van der Waals surface area (Å²) >= 11 is 3.56. The van der Waals surface area contributed by atoms with Crippen LogP contribution in [0.3, 0.4) is 0 Å². The third kappa shape index (κ3) is 3.28. The Labute approximate surface area is 122 Å². The van der Waals surface area contributed by atoms with E-state index in [9.17, 15) is 9.90 Å². The van der Waals surface area contributed by atoms with E-state index >= 15 is 0 Å². The zero-order chi connectivity index (χ0) is 14.0. The number of hydrogen-bond donors (Lipinski definition) is 1. The van der Waals surface area contributed by atoms with E-state index in [0.29, 0.717) is 0 Å². The average Bonchev–Trinajstić information content (AvgIpc) is 2.38. The molecule has 1 aliphatic rings. The van der Waals surface area contributed by atoms with Gasteiger partial charge in [0, 0.05) is 37.6 Å². The standard InChI is InChI=1S/C14H19BrN2O2/c1-10(18)12-3-4-14(13(15)9-12)17-7-5-16(6-8-17)11(2)19/h3-4,9-10,18H,5-8H2,1-2H3. The highest BCUT2D eigenvalue weighted by atomic mass is 79.9. The largest absolute Gasteiger partial charge is 0.389 e. The van der Waals surface area contributed by atoms with Crippen LogP contribution in [0.1, 0.15) is 25.5 Å². The molecule has 5 heteroatoms. The molecule has 0 bridgehead atoms. The Hall–Kier alpha value is -1.07. The van der Waals surface area contributed by atoms with Crippen molar-refractivity contribution in [1.29, 1.82) is 0 Å². The Bertz CT molecular complexity index is 469. The van der Waals surface area contributed by atoms with E-state index < -0.39 is 6.10 Å². The number of rotatable bonds is 2. The number of carbonyl (C=O) groups excluding carboxylic acids is 1. The number of amides is 1. The SMILES string of the molecule is CC(=O)N1CCN(c2ccc(C(C)O)cc2Br)CC1. The average molecular weight is 327 g/mol. The second-order valence-electron chi connectivity index (χ2n) is 4.88. The minimum Gasteiger partial charge on any atom is -0.389 e. The molecule has 104 valence electrons. The first-order valence-corrected chi connectivity index (χ1v) is 7.26. The maximum absolute atomic E-state index is 11.3. The van der Waals surface area contributed by atoms with Gasteiger partial charge in [0.2, 0.25) is 5.91 Å². The summed E-state index contributed by atoms with van der Waals surface area (Å²) in [4.78, 5) is 15.4. The molecule has 1 unspecified atom stereocenters. The predicted molar refractivity (Wildman–Crippen MR) is 79.2 cm³/mol. The highest BCUT2D eigenvalue weighted by Crippen LogP contribution is 2.30. The molecule has 0 radical (unpaired) electrons. The van der Waals surface area contributed by atoms with E-state index in [1.54, 1.807) is 13.8 Å². The van der Waals surface area contributed by atoms with E-state index in [1.807, 2.05) is 23.1 Å². The van der Waals surface area contributed by atoms with Crippen LogP contribution >= 0.6 is 15.9 Å². The van der Waals surface area contributed by atoms with E-state index in [0.717, 1.165) is 41.9 Å². The van der Waals surface area contributed by atoms with Crippen molar-refractivity contribution in [3.8, 4) is 0 Å². The summed E-state index contributed by atoms with van der Waals surface area (Å²) in [6, 6.07) is 5.93. The Kier molecular flexibility index (Phi) is 4.47. The number of aliphatic hydroxyl groups is 1. The molecule has 4 nitrogen and oxygen atoms in total. The number of anilines is 1. The second kappa shape index (κ2) is 5.92. The number of hydrogen-bond acceptors (Lipinski definition) is 3. The van der Waals surface area contributed by atoms with Crippen molar-refractivity contribution in [1.82, 2.24) is 4.90 Å². The Morgan fingerprint density at radius 2 is 1.95 bits per heavy atom. The lowest BCUT2D eigenvalue weighted by Gasteiger charge is -2.36. The Morgan fingerprint density at radius 3 is 2.42 bits per heavy atom. The summed E-state index contributed by atoms with van der Waals surface area (Å²) in [5.41, 5.74) is 2.02. The molecule has 1 aromatic carbocycles. The highest BCUT2D eigenvalue weighted by molar-refractivity contribution is 9.10. The smallest absolute Gasteiger partial charge is 0.219 e. The van der Waals surface area contributed by atoms with Crippen molar-refractivity contribution in [2.75, 3.05) is 31.1 Å². The van der Waals surface area contributed by atoms with E-state index in [1.165, 1.54) is 0 Å². The molecule has 1 heterocycles. The van der Waals surface area contributed by atoms with Gasteiger partial charge in [-0.25, -0.2) is 0 Å².